The van der Waals surface area contributed by atoms with Gasteiger partial charge in [0, 0.05) is 41.0 Å². The zero-order valence-corrected chi connectivity index (χ0v) is 29.3. The number of methoxy groups -OCH3 is 6. The second kappa shape index (κ2) is 11.6. The minimum absolute atomic E-state index is 0.117. The van der Waals surface area contributed by atoms with Gasteiger partial charge >= 0.3 is 0 Å². The summed E-state index contributed by atoms with van der Waals surface area (Å²) in [7, 11) is 10.1. The van der Waals surface area contributed by atoms with Crippen molar-refractivity contribution in [3.63, 3.8) is 0 Å². The van der Waals surface area contributed by atoms with Gasteiger partial charge in [-0.3, -0.25) is 0 Å². The molecule has 2 aliphatic rings. The van der Waals surface area contributed by atoms with Crippen LogP contribution in [0.5, 0.6) is 34.5 Å². The van der Waals surface area contributed by atoms with E-state index in [1.54, 1.807) is 42.7 Å². The van der Waals surface area contributed by atoms with Crippen LogP contribution in [0, 0.1) is 0 Å². The van der Waals surface area contributed by atoms with Crippen LogP contribution in [-0.4, -0.2) is 42.7 Å². The molecule has 0 spiro atoms. The minimum atomic E-state index is -0.660. The molecular weight excluding hydrogens is 744 g/mol. The molecular formula is C34H31Br3O6. The van der Waals surface area contributed by atoms with Gasteiger partial charge < -0.3 is 28.4 Å². The molecule has 2 aliphatic carbocycles. The third-order valence-electron chi connectivity index (χ3n) is 8.81. The summed E-state index contributed by atoms with van der Waals surface area (Å²) in [5.41, 5.74) is 6.57. The first kappa shape index (κ1) is 30.2. The maximum Gasteiger partial charge on any atom is 0.137 e. The van der Waals surface area contributed by atoms with Gasteiger partial charge in [-0.05, 0) is 78.4 Å². The lowest BCUT2D eigenvalue weighted by molar-refractivity contribution is 0.386. The topological polar surface area (TPSA) is 55.4 Å². The molecule has 0 saturated carbocycles. The Morgan fingerprint density at radius 2 is 1.00 bits per heavy atom. The van der Waals surface area contributed by atoms with Gasteiger partial charge in [-0.25, -0.2) is 0 Å². The summed E-state index contributed by atoms with van der Waals surface area (Å²) < 4.78 is 36.2. The number of alkyl halides is 1. The fourth-order valence-electron chi connectivity index (χ4n) is 7.04. The predicted molar refractivity (Wildman–Crippen MR) is 178 cm³/mol. The maximum absolute atomic E-state index is 6.12. The van der Waals surface area contributed by atoms with Crippen LogP contribution in [0.15, 0.2) is 69.6 Å². The molecule has 0 N–H and O–H groups in total. The van der Waals surface area contributed by atoms with Crippen molar-refractivity contribution in [2.45, 2.75) is 22.1 Å². The Morgan fingerprint density at radius 1 is 0.535 bits per heavy atom. The van der Waals surface area contributed by atoms with E-state index >= 15 is 0 Å². The van der Waals surface area contributed by atoms with Crippen molar-refractivity contribution in [2.24, 2.45) is 0 Å². The molecule has 0 saturated heterocycles. The van der Waals surface area contributed by atoms with Crippen molar-refractivity contribution < 1.29 is 28.4 Å². The second-order valence-corrected chi connectivity index (χ2v) is 13.4. The van der Waals surface area contributed by atoms with E-state index in [0.717, 1.165) is 65.3 Å². The van der Waals surface area contributed by atoms with Crippen LogP contribution in [0.1, 0.15) is 51.1 Å². The molecule has 224 valence electrons. The maximum atomic E-state index is 6.12. The van der Waals surface area contributed by atoms with Gasteiger partial charge in [0.1, 0.15) is 34.5 Å². The molecule has 4 aromatic carbocycles. The largest absolute Gasteiger partial charge is 0.497 e. The van der Waals surface area contributed by atoms with Crippen LogP contribution >= 0.6 is 47.8 Å². The van der Waals surface area contributed by atoms with Crippen LogP contribution in [0.25, 0.3) is 0 Å². The summed E-state index contributed by atoms with van der Waals surface area (Å²) in [4.78, 5) is 0. The van der Waals surface area contributed by atoms with Crippen molar-refractivity contribution in [2.75, 3.05) is 42.7 Å². The molecule has 0 fully saturated rings. The average Bonchev–Trinajstić information content (AvgIpc) is 3.47. The Kier molecular flexibility index (Phi) is 8.11. The Hall–Kier alpha value is -2.88. The second-order valence-electron chi connectivity index (χ2n) is 10.5. The van der Waals surface area contributed by atoms with Crippen LogP contribution in [-0.2, 0) is 4.32 Å². The van der Waals surface area contributed by atoms with E-state index in [2.05, 4.69) is 72.1 Å². The molecule has 43 heavy (non-hydrogen) atoms. The molecule has 0 radical (unpaired) electrons. The van der Waals surface area contributed by atoms with E-state index in [1.165, 1.54) is 0 Å². The Labute approximate surface area is 277 Å². The SMILES string of the molecule is COc1ccc([C@@H]2c3c(OC)cc(OC)c(Br)c3[C@@]3(Br)[C@H](c4ccc(OC)cc4)c4c(OC)cc(OC)c(Br)c4[C@@H]23)cc1. The first-order chi connectivity index (χ1) is 20.8. The van der Waals surface area contributed by atoms with Crippen LogP contribution < -0.4 is 28.4 Å². The van der Waals surface area contributed by atoms with E-state index in [0.29, 0.717) is 11.5 Å². The molecule has 9 heteroatoms. The molecule has 6 rings (SSSR count). The monoisotopic (exact) mass is 772 g/mol. The Morgan fingerprint density at radius 3 is 1.49 bits per heavy atom. The highest BCUT2D eigenvalue weighted by molar-refractivity contribution is 9.11. The van der Waals surface area contributed by atoms with Gasteiger partial charge in [0.15, 0.2) is 0 Å². The number of benzene rings is 4. The van der Waals surface area contributed by atoms with Gasteiger partial charge in [-0.1, -0.05) is 40.2 Å². The number of hydrogen-bond acceptors (Lipinski definition) is 6. The summed E-state index contributed by atoms with van der Waals surface area (Å²) in [6.45, 7) is 0. The van der Waals surface area contributed by atoms with Crippen LogP contribution in [0.3, 0.4) is 0 Å². The highest BCUT2D eigenvalue weighted by Gasteiger charge is 2.65. The van der Waals surface area contributed by atoms with Crippen molar-refractivity contribution in [1.29, 1.82) is 0 Å². The molecule has 0 heterocycles. The molecule has 6 nitrogen and oxygen atoms in total. The van der Waals surface area contributed by atoms with E-state index in [-0.39, 0.29) is 17.8 Å². The quantitative estimate of drug-likeness (QED) is 0.167. The summed E-state index contributed by atoms with van der Waals surface area (Å²) in [6, 6.07) is 20.5. The number of ether oxygens (including phenoxy) is 6. The van der Waals surface area contributed by atoms with Gasteiger partial charge in [-0.2, -0.15) is 0 Å². The number of fused-ring (bicyclic) bond motifs is 5. The first-order valence-corrected chi connectivity index (χ1v) is 16.0. The standard InChI is InChI=1S/C34H31Br3O6/c1-38-19-11-7-17(8-12-19)25-26-21(40-3)16-24(43-6)33(36)31(26)34(37)29(18-9-13-20(39-2)14-10-18)27-22(41-4)15-23(42-5)32(35)28(27)30(25)34/h7-16,25,29-30H,1-6H3/t25-,29-,30-,34-/m1/s1. The first-order valence-electron chi connectivity index (χ1n) is 13.6. The van der Waals surface area contributed by atoms with Crippen molar-refractivity contribution >= 4 is 47.8 Å². The smallest absolute Gasteiger partial charge is 0.137 e. The van der Waals surface area contributed by atoms with E-state index in [1.807, 2.05) is 36.4 Å². The van der Waals surface area contributed by atoms with E-state index in [9.17, 15) is 0 Å². The average molecular weight is 775 g/mol. The van der Waals surface area contributed by atoms with Gasteiger partial charge in [0.25, 0.3) is 0 Å². The lowest BCUT2D eigenvalue weighted by Gasteiger charge is -2.34. The molecule has 0 amide bonds. The predicted octanol–water partition coefficient (Wildman–Crippen LogP) is 8.93. The molecule has 4 aromatic rings. The van der Waals surface area contributed by atoms with Crippen molar-refractivity contribution in [3.05, 3.63) is 103 Å². The summed E-state index contributed by atoms with van der Waals surface area (Å²) >= 11 is 12.4. The fraction of sp³-hybridized carbons (Fsp3) is 0.294. The van der Waals surface area contributed by atoms with Gasteiger partial charge in [0.05, 0.1) is 55.9 Å². The number of halogens is 3. The normalized spacial score (nSPS) is 21.5. The minimum Gasteiger partial charge on any atom is -0.497 e. The lowest BCUT2D eigenvalue weighted by Crippen LogP contribution is -2.27. The Balaban J connectivity index is 1.78. The highest BCUT2D eigenvalue weighted by atomic mass is 79.9. The lowest BCUT2D eigenvalue weighted by atomic mass is 9.78. The molecule has 0 bridgehead atoms. The molecule has 4 atom stereocenters. The third kappa shape index (κ3) is 4.37. The van der Waals surface area contributed by atoms with Gasteiger partial charge in [0.2, 0.25) is 0 Å². The zero-order chi connectivity index (χ0) is 30.6. The number of rotatable bonds is 8. The van der Waals surface area contributed by atoms with Crippen LogP contribution in [0.2, 0.25) is 0 Å². The Bertz CT molecular complexity index is 1690. The van der Waals surface area contributed by atoms with E-state index in [4.69, 9.17) is 28.4 Å². The summed E-state index contributed by atoms with van der Waals surface area (Å²) in [5.74, 6) is 4.08. The van der Waals surface area contributed by atoms with Crippen molar-refractivity contribution in [1.82, 2.24) is 0 Å². The zero-order valence-electron chi connectivity index (χ0n) is 24.6. The summed E-state index contributed by atoms with van der Waals surface area (Å²) in [6.07, 6.45) is 0. The van der Waals surface area contributed by atoms with Crippen molar-refractivity contribution in [3.8, 4) is 34.5 Å². The van der Waals surface area contributed by atoms with Crippen LogP contribution in [0.4, 0.5) is 0 Å². The highest BCUT2D eigenvalue weighted by Crippen LogP contribution is 2.76. The molecule has 0 aliphatic heterocycles. The third-order valence-corrected chi connectivity index (χ3v) is 11.8. The van der Waals surface area contributed by atoms with Gasteiger partial charge in [-0.15, -0.1) is 0 Å². The summed E-state index contributed by atoms with van der Waals surface area (Å²) in [5, 5.41) is 0. The fourth-order valence-corrected chi connectivity index (χ4v) is 10.3. The number of hydrogen-bond donors (Lipinski definition) is 0. The van der Waals surface area contributed by atoms with E-state index < -0.39 is 4.32 Å². The molecule has 0 aromatic heterocycles. The molecule has 0 unspecified atom stereocenters.